The van der Waals surface area contributed by atoms with Gasteiger partial charge in [-0.1, -0.05) is 25.5 Å². The number of aliphatic imine (C=N–C) groups is 1. The molecule has 7 heteroatoms. The molecule has 27 heavy (non-hydrogen) atoms. The molecule has 2 N–H and O–H groups in total. The van der Waals surface area contributed by atoms with Crippen molar-refractivity contribution in [3.63, 3.8) is 0 Å². The first-order valence-corrected chi connectivity index (χ1v) is 9.76. The zero-order chi connectivity index (χ0) is 18.6. The van der Waals surface area contributed by atoms with Crippen LogP contribution in [0.3, 0.4) is 0 Å². The number of ether oxygens (including phenoxy) is 2. The van der Waals surface area contributed by atoms with Crippen LogP contribution in [0.5, 0.6) is 5.75 Å². The van der Waals surface area contributed by atoms with Gasteiger partial charge in [-0.05, 0) is 31.0 Å². The molecule has 1 aliphatic rings. The van der Waals surface area contributed by atoms with Crippen molar-refractivity contribution in [2.45, 2.75) is 32.7 Å². The summed E-state index contributed by atoms with van der Waals surface area (Å²) in [6.07, 6.45) is 2.32. The van der Waals surface area contributed by atoms with E-state index in [1.807, 2.05) is 12.1 Å². The van der Waals surface area contributed by atoms with E-state index in [9.17, 15) is 0 Å². The number of morpholine rings is 1. The van der Waals surface area contributed by atoms with Gasteiger partial charge in [0, 0.05) is 26.2 Å². The lowest BCUT2D eigenvalue weighted by atomic mass is 10.0. The first-order chi connectivity index (χ1) is 12.8. The maximum absolute atomic E-state index is 5.53. The zero-order valence-corrected chi connectivity index (χ0v) is 19.2. The molecule has 0 aliphatic carbocycles. The first-order valence-electron chi connectivity index (χ1n) is 9.76. The van der Waals surface area contributed by atoms with Crippen LogP contribution >= 0.6 is 24.0 Å². The molecule has 1 saturated heterocycles. The predicted octanol–water partition coefficient (Wildman–Crippen LogP) is 3.04. The molecule has 0 amide bonds. The summed E-state index contributed by atoms with van der Waals surface area (Å²) in [7, 11) is 1.70. The summed E-state index contributed by atoms with van der Waals surface area (Å²) in [5.41, 5.74) is 1.26. The molecule has 1 aromatic rings. The van der Waals surface area contributed by atoms with Crippen LogP contribution < -0.4 is 15.4 Å². The summed E-state index contributed by atoms with van der Waals surface area (Å²) in [5.74, 6) is 1.78. The molecule has 0 bridgehead atoms. The lowest BCUT2D eigenvalue weighted by Crippen LogP contribution is -2.42. The van der Waals surface area contributed by atoms with Crippen LogP contribution in [0.4, 0.5) is 0 Å². The van der Waals surface area contributed by atoms with Gasteiger partial charge < -0.3 is 20.1 Å². The van der Waals surface area contributed by atoms with Gasteiger partial charge in [-0.2, -0.15) is 0 Å². The van der Waals surface area contributed by atoms with Crippen LogP contribution in [-0.2, 0) is 4.74 Å². The van der Waals surface area contributed by atoms with Crippen molar-refractivity contribution in [3.8, 4) is 5.75 Å². The van der Waals surface area contributed by atoms with Gasteiger partial charge in [0.2, 0.25) is 0 Å². The Kier molecular flexibility index (Phi) is 12.4. The zero-order valence-electron chi connectivity index (χ0n) is 16.9. The van der Waals surface area contributed by atoms with Crippen molar-refractivity contribution in [2.75, 3.05) is 53.0 Å². The van der Waals surface area contributed by atoms with Crippen LogP contribution in [0.25, 0.3) is 0 Å². The third-order valence-electron chi connectivity index (χ3n) is 4.58. The summed E-state index contributed by atoms with van der Waals surface area (Å²) >= 11 is 0. The standard InChI is InChI=1S/C20H34N4O2.HI/c1-4-6-11-22-20(21-5-2)23-16-19(24-12-14-26-15-13-24)17-7-9-18(25-3)10-8-17;/h7-10,19H,4-6,11-16H2,1-3H3,(H2,21,22,23);1H. The SMILES string of the molecule is CCCCNC(=NCC(c1ccc(OC)cc1)N1CCOCC1)NCC.I. The third kappa shape index (κ3) is 8.23. The highest BCUT2D eigenvalue weighted by atomic mass is 127. The number of nitrogens with one attached hydrogen (secondary N) is 2. The van der Waals surface area contributed by atoms with Gasteiger partial charge in [0.25, 0.3) is 0 Å². The van der Waals surface area contributed by atoms with Crippen LogP contribution in [0.1, 0.15) is 38.3 Å². The number of hydrogen-bond donors (Lipinski definition) is 2. The number of halogens is 1. The fourth-order valence-electron chi connectivity index (χ4n) is 3.05. The van der Waals surface area contributed by atoms with Gasteiger partial charge in [0.1, 0.15) is 5.75 Å². The maximum atomic E-state index is 5.53. The molecule has 0 aromatic heterocycles. The van der Waals surface area contributed by atoms with E-state index in [-0.39, 0.29) is 30.0 Å². The molecule has 6 nitrogen and oxygen atoms in total. The Morgan fingerprint density at radius 3 is 2.48 bits per heavy atom. The number of guanidine groups is 1. The first kappa shape index (κ1) is 24.0. The molecule has 1 aromatic carbocycles. The molecule has 0 saturated carbocycles. The van der Waals surface area contributed by atoms with Crippen LogP contribution in [-0.4, -0.2) is 63.9 Å². The number of benzene rings is 1. The van der Waals surface area contributed by atoms with E-state index in [0.717, 1.165) is 57.5 Å². The fraction of sp³-hybridized carbons (Fsp3) is 0.650. The average Bonchev–Trinajstić information content (AvgIpc) is 2.69. The molecular weight excluding hydrogens is 455 g/mol. The quantitative estimate of drug-likeness (QED) is 0.241. The van der Waals surface area contributed by atoms with Crippen molar-refractivity contribution in [1.29, 1.82) is 0 Å². The number of methoxy groups -OCH3 is 1. The lowest BCUT2D eigenvalue weighted by molar-refractivity contribution is 0.0179. The molecule has 0 spiro atoms. The molecule has 2 rings (SSSR count). The van der Waals surface area contributed by atoms with Gasteiger partial charge in [0.05, 0.1) is 32.9 Å². The van der Waals surface area contributed by atoms with E-state index >= 15 is 0 Å². The number of rotatable bonds is 9. The number of unbranched alkanes of at least 4 members (excludes halogenated alkanes) is 1. The Balaban J connectivity index is 0.00000364. The molecule has 0 radical (unpaired) electrons. The van der Waals surface area contributed by atoms with E-state index in [1.165, 1.54) is 12.0 Å². The minimum atomic E-state index is 0. The minimum absolute atomic E-state index is 0. The normalized spacial score (nSPS) is 16.3. The van der Waals surface area contributed by atoms with Gasteiger partial charge >= 0.3 is 0 Å². The summed E-state index contributed by atoms with van der Waals surface area (Å²) in [6.45, 7) is 10.3. The minimum Gasteiger partial charge on any atom is -0.497 e. The molecular formula is C20H35IN4O2. The van der Waals surface area contributed by atoms with Gasteiger partial charge in [-0.15, -0.1) is 24.0 Å². The van der Waals surface area contributed by atoms with Crippen molar-refractivity contribution < 1.29 is 9.47 Å². The molecule has 1 unspecified atom stereocenters. The molecule has 1 heterocycles. The van der Waals surface area contributed by atoms with Gasteiger partial charge in [-0.25, -0.2) is 0 Å². The summed E-state index contributed by atoms with van der Waals surface area (Å²) < 4.78 is 10.8. The monoisotopic (exact) mass is 490 g/mol. The Hall–Kier alpha value is -1.06. The highest BCUT2D eigenvalue weighted by molar-refractivity contribution is 14.0. The van der Waals surface area contributed by atoms with Gasteiger partial charge in [-0.3, -0.25) is 9.89 Å². The van der Waals surface area contributed by atoms with Crippen LogP contribution in [0, 0.1) is 0 Å². The van der Waals surface area contributed by atoms with Gasteiger partial charge in [0.15, 0.2) is 5.96 Å². The lowest BCUT2D eigenvalue weighted by Gasteiger charge is -2.34. The Bertz CT molecular complexity index is 533. The summed E-state index contributed by atoms with van der Waals surface area (Å²) in [6, 6.07) is 8.58. The average molecular weight is 490 g/mol. The maximum Gasteiger partial charge on any atom is 0.191 e. The Labute approximate surface area is 181 Å². The number of nitrogens with zero attached hydrogens (tertiary/aromatic N) is 2. The van der Waals surface area contributed by atoms with Crippen molar-refractivity contribution in [3.05, 3.63) is 29.8 Å². The van der Waals surface area contributed by atoms with E-state index < -0.39 is 0 Å². The van der Waals surface area contributed by atoms with Crippen LogP contribution in [0.15, 0.2) is 29.3 Å². The second-order valence-electron chi connectivity index (χ2n) is 6.44. The van der Waals surface area contributed by atoms with E-state index in [2.05, 4.69) is 41.5 Å². The largest absolute Gasteiger partial charge is 0.497 e. The van der Waals surface area contributed by atoms with E-state index in [4.69, 9.17) is 14.5 Å². The van der Waals surface area contributed by atoms with Crippen molar-refractivity contribution >= 4 is 29.9 Å². The van der Waals surface area contributed by atoms with Crippen molar-refractivity contribution in [1.82, 2.24) is 15.5 Å². The van der Waals surface area contributed by atoms with Crippen molar-refractivity contribution in [2.24, 2.45) is 4.99 Å². The molecule has 1 aliphatic heterocycles. The highest BCUT2D eigenvalue weighted by Crippen LogP contribution is 2.24. The number of hydrogen-bond acceptors (Lipinski definition) is 4. The highest BCUT2D eigenvalue weighted by Gasteiger charge is 2.22. The topological polar surface area (TPSA) is 58.1 Å². The Morgan fingerprint density at radius 1 is 1.19 bits per heavy atom. The van der Waals surface area contributed by atoms with Crippen LogP contribution in [0.2, 0.25) is 0 Å². The third-order valence-corrected chi connectivity index (χ3v) is 4.58. The second-order valence-corrected chi connectivity index (χ2v) is 6.44. The molecule has 1 atom stereocenters. The van der Waals surface area contributed by atoms with E-state index in [0.29, 0.717) is 6.54 Å². The summed E-state index contributed by atoms with van der Waals surface area (Å²) in [5, 5.41) is 6.77. The smallest absolute Gasteiger partial charge is 0.191 e. The molecule has 1 fully saturated rings. The molecule has 154 valence electrons. The predicted molar refractivity (Wildman–Crippen MR) is 122 cm³/mol. The second kappa shape index (κ2) is 14.0. The fourth-order valence-corrected chi connectivity index (χ4v) is 3.05. The van der Waals surface area contributed by atoms with E-state index in [1.54, 1.807) is 7.11 Å². The Morgan fingerprint density at radius 2 is 1.89 bits per heavy atom. The summed E-state index contributed by atoms with van der Waals surface area (Å²) in [4.78, 5) is 7.32.